The fourth-order valence-corrected chi connectivity index (χ4v) is 1.68. The third-order valence-corrected chi connectivity index (χ3v) is 2.50. The molecule has 0 spiro atoms. The van der Waals surface area contributed by atoms with Gasteiger partial charge in [-0.15, -0.1) is 0 Å². The predicted octanol–water partition coefficient (Wildman–Crippen LogP) is 2.20. The van der Waals surface area contributed by atoms with E-state index in [1.165, 1.54) is 0 Å². The largest absolute Gasteiger partial charge is 0.422 e. The van der Waals surface area contributed by atoms with Gasteiger partial charge in [-0.05, 0) is 18.3 Å². The van der Waals surface area contributed by atoms with Crippen molar-refractivity contribution in [3.63, 3.8) is 0 Å². The van der Waals surface area contributed by atoms with Gasteiger partial charge in [0.2, 0.25) is 0 Å². The molecule has 2 aromatic rings. The summed E-state index contributed by atoms with van der Waals surface area (Å²) in [6.07, 6.45) is 3.54. The second-order valence-corrected chi connectivity index (χ2v) is 4.07. The first-order valence-electron chi connectivity index (χ1n) is 5.44. The predicted molar refractivity (Wildman–Crippen MR) is 69.9 cm³/mol. The van der Waals surface area contributed by atoms with E-state index in [4.69, 9.17) is 9.68 Å². The molecule has 0 amide bonds. The Kier molecular flexibility index (Phi) is 3.16. The maximum Gasteiger partial charge on any atom is 0.354 e. The molecular weight excluding hydrogens is 228 g/mol. The molecule has 0 N–H and O–H groups in total. The minimum atomic E-state index is -0.602. The van der Waals surface area contributed by atoms with Crippen molar-refractivity contribution in [3.05, 3.63) is 52.0 Å². The molecule has 2 rings (SSSR count). The number of para-hydroxylation sites is 1. The van der Waals surface area contributed by atoms with Crippen molar-refractivity contribution >= 4 is 17.0 Å². The number of hydrogen-bond donors (Lipinski definition) is 0. The van der Waals surface area contributed by atoms with Crippen molar-refractivity contribution in [1.29, 1.82) is 5.26 Å². The van der Waals surface area contributed by atoms with Crippen molar-refractivity contribution in [1.82, 2.24) is 4.90 Å². The summed E-state index contributed by atoms with van der Waals surface area (Å²) in [5.74, 6) is 0. The van der Waals surface area contributed by atoms with Crippen LogP contribution in [0, 0.1) is 11.3 Å². The number of rotatable bonds is 2. The molecule has 0 aliphatic carbocycles. The van der Waals surface area contributed by atoms with Gasteiger partial charge in [0.15, 0.2) is 0 Å². The molecule has 0 fully saturated rings. The number of hydrogen-bond acceptors (Lipinski definition) is 4. The first-order chi connectivity index (χ1) is 8.63. The molecule has 1 aromatic carbocycles. The minimum absolute atomic E-state index is 0.0341. The molecule has 0 saturated heterocycles. The van der Waals surface area contributed by atoms with Gasteiger partial charge in [0.25, 0.3) is 0 Å². The summed E-state index contributed by atoms with van der Waals surface area (Å²) in [5.41, 5.74) is 0.513. The highest BCUT2D eigenvalue weighted by molar-refractivity contribution is 5.88. The van der Waals surface area contributed by atoms with Crippen LogP contribution in [0.5, 0.6) is 0 Å². The zero-order valence-corrected chi connectivity index (χ0v) is 10.2. The molecule has 0 saturated carbocycles. The highest BCUT2D eigenvalue weighted by Crippen LogP contribution is 2.20. The highest BCUT2D eigenvalue weighted by Gasteiger charge is 2.11. The molecule has 0 atom stereocenters. The lowest BCUT2D eigenvalue weighted by atomic mass is 10.1. The number of fused-ring (bicyclic) bond motifs is 1. The van der Waals surface area contributed by atoms with Gasteiger partial charge in [0.05, 0.1) is 0 Å². The standard InChI is InChI=1S/C14H12N2O2/c1-16(2)8-7-10-11-5-3-4-6-13(11)18-14(17)12(10)9-15/h3-8H,1-2H3/b8-7+. The molecule has 0 radical (unpaired) electrons. The smallest absolute Gasteiger partial charge is 0.354 e. The van der Waals surface area contributed by atoms with Gasteiger partial charge >= 0.3 is 5.63 Å². The van der Waals surface area contributed by atoms with Crippen LogP contribution < -0.4 is 5.63 Å². The van der Waals surface area contributed by atoms with Crippen LogP contribution in [0.4, 0.5) is 0 Å². The zero-order valence-electron chi connectivity index (χ0n) is 10.2. The van der Waals surface area contributed by atoms with E-state index in [1.807, 2.05) is 37.2 Å². The summed E-state index contributed by atoms with van der Waals surface area (Å²) in [6, 6.07) is 9.08. The van der Waals surface area contributed by atoms with Crippen molar-refractivity contribution < 1.29 is 4.42 Å². The minimum Gasteiger partial charge on any atom is -0.422 e. The molecule has 1 aromatic heterocycles. The molecule has 0 aliphatic heterocycles. The zero-order chi connectivity index (χ0) is 13.1. The van der Waals surface area contributed by atoms with E-state index in [-0.39, 0.29) is 5.56 Å². The van der Waals surface area contributed by atoms with Crippen LogP contribution in [0.3, 0.4) is 0 Å². The Morgan fingerprint density at radius 2 is 2.06 bits per heavy atom. The Bertz CT molecular complexity index is 706. The topological polar surface area (TPSA) is 57.2 Å². The van der Waals surface area contributed by atoms with Crippen molar-refractivity contribution in [2.24, 2.45) is 0 Å². The quantitative estimate of drug-likeness (QED) is 0.755. The van der Waals surface area contributed by atoms with Crippen LogP contribution in [-0.4, -0.2) is 19.0 Å². The van der Waals surface area contributed by atoms with Crippen LogP contribution in [0.15, 0.2) is 39.7 Å². The molecular formula is C14H12N2O2. The summed E-state index contributed by atoms with van der Waals surface area (Å²) < 4.78 is 5.11. The molecule has 1 heterocycles. The van der Waals surface area contributed by atoms with E-state index >= 15 is 0 Å². The molecule has 0 unspecified atom stereocenters. The Labute approximate surface area is 104 Å². The van der Waals surface area contributed by atoms with E-state index in [1.54, 1.807) is 24.4 Å². The Morgan fingerprint density at radius 3 is 2.72 bits per heavy atom. The van der Waals surface area contributed by atoms with Gasteiger partial charge in [-0.25, -0.2) is 4.79 Å². The lowest BCUT2D eigenvalue weighted by Gasteiger charge is -2.06. The second kappa shape index (κ2) is 4.76. The monoisotopic (exact) mass is 240 g/mol. The van der Waals surface area contributed by atoms with Gasteiger partial charge in [-0.3, -0.25) is 0 Å². The number of benzene rings is 1. The Hall–Kier alpha value is -2.54. The summed E-state index contributed by atoms with van der Waals surface area (Å²) in [7, 11) is 3.74. The molecule has 90 valence electrons. The lowest BCUT2D eigenvalue weighted by Crippen LogP contribution is -2.07. The Morgan fingerprint density at radius 1 is 1.33 bits per heavy atom. The summed E-state index contributed by atoms with van der Waals surface area (Å²) >= 11 is 0. The van der Waals surface area contributed by atoms with Crippen molar-refractivity contribution in [2.75, 3.05) is 14.1 Å². The van der Waals surface area contributed by atoms with E-state index in [9.17, 15) is 4.79 Å². The third kappa shape index (κ3) is 2.11. The summed E-state index contributed by atoms with van der Waals surface area (Å²) in [5, 5.41) is 9.82. The average Bonchev–Trinajstić information content (AvgIpc) is 2.35. The van der Waals surface area contributed by atoms with Gasteiger partial charge in [-0.2, -0.15) is 5.26 Å². The van der Waals surface area contributed by atoms with Gasteiger partial charge in [0.1, 0.15) is 17.2 Å². The van der Waals surface area contributed by atoms with Crippen LogP contribution in [-0.2, 0) is 0 Å². The van der Waals surface area contributed by atoms with Crippen LogP contribution >= 0.6 is 0 Å². The Balaban J connectivity index is 2.82. The van der Waals surface area contributed by atoms with Crippen molar-refractivity contribution in [2.45, 2.75) is 0 Å². The number of nitrogens with zero attached hydrogens (tertiary/aromatic N) is 2. The fraction of sp³-hybridized carbons (Fsp3) is 0.143. The first-order valence-corrected chi connectivity index (χ1v) is 5.44. The SMILES string of the molecule is CN(C)/C=C/c1c(C#N)c(=O)oc2ccccc12. The first kappa shape index (κ1) is 11.9. The van der Waals surface area contributed by atoms with E-state index in [0.717, 1.165) is 5.39 Å². The summed E-state index contributed by atoms with van der Waals surface area (Å²) in [4.78, 5) is 13.5. The molecule has 0 aliphatic rings. The van der Waals surface area contributed by atoms with Crippen molar-refractivity contribution in [3.8, 4) is 6.07 Å². The molecule has 4 nitrogen and oxygen atoms in total. The molecule has 0 bridgehead atoms. The van der Waals surface area contributed by atoms with E-state index in [2.05, 4.69) is 0 Å². The normalized spacial score (nSPS) is 10.7. The van der Waals surface area contributed by atoms with Gasteiger partial charge in [0, 0.05) is 25.0 Å². The van der Waals surface area contributed by atoms with Crippen LogP contribution in [0.2, 0.25) is 0 Å². The third-order valence-electron chi connectivity index (χ3n) is 2.50. The average molecular weight is 240 g/mol. The van der Waals surface area contributed by atoms with Gasteiger partial charge in [-0.1, -0.05) is 18.2 Å². The molecule has 18 heavy (non-hydrogen) atoms. The fourth-order valence-electron chi connectivity index (χ4n) is 1.68. The van der Waals surface area contributed by atoms with E-state index in [0.29, 0.717) is 11.1 Å². The molecule has 4 heteroatoms. The maximum atomic E-state index is 11.7. The second-order valence-electron chi connectivity index (χ2n) is 4.07. The number of nitriles is 1. The van der Waals surface area contributed by atoms with Crippen LogP contribution in [0.25, 0.3) is 17.0 Å². The van der Waals surface area contributed by atoms with Crippen LogP contribution in [0.1, 0.15) is 11.1 Å². The maximum absolute atomic E-state index is 11.7. The summed E-state index contributed by atoms with van der Waals surface area (Å²) in [6.45, 7) is 0. The van der Waals surface area contributed by atoms with Gasteiger partial charge < -0.3 is 9.32 Å². The lowest BCUT2D eigenvalue weighted by molar-refractivity contribution is 0.557. The van der Waals surface area contributed by atoms with E-state index < -0.39 is 5.63 Å². The highest BCUT2D eigenvalue weighted by atomic mass is 16.4.